The number of benzene rings is 1. The Hall–Kier alpha value is -1.31. The van der Waals surface area contributed by atoms with Crippen LogP contribution < -0.4 is 4.90 Å². The molecule has 0 unspecified atom stereocenters. The van der Waals surface area contributed by atoms with Crippen LogP contribution in [0.15, 0.2) is 24.3 Å². The highest BCUT2D eigenvalue weighted by atomic mass is 16.1. The van der Waals surface area contributed by atoms with Crippen molar-refractivity contribution in [3.63, 3.8) is 0 Å². The molecule has 2 nitrogen and oxygen atoms in total. The number of carbonyl (C=O) groups excluding carboxylic acids is 1. The zero-order chi connectivity index (χ0) is 12.0. The quantitative estimate of drug-likeness (QED) is 0.732. The Bertz CT molecular complexity index is 346. The van der Waals surface area contributed by atoms with Crippen LogP contribution in [-0.2, 0) is 4.79 Å². The molecular formula is C14H21NO. The first kappa shape index (κ1) is 12.8. The first-order chi connectivity index (χ1) is 7.65. The van der Waals surface area contributed by atoms with Crippen molar-refractivity contribution in [2.24, 2.45) is 0 Å². The highest BCUT2D eigenvalue weighted by molar-refractivity contribution is 5.75. The second-order valence-electron chi connectivity index (χ2n) is 4.17. The molecule has 0 amide bonds. The van der Waals surface area contributed by atoms with Crippen LogP contribution in [0.2, 0.25) is 0 Å². The van der Waals surface area contributed by atoms with Gasteiger partial charge in [-0.15, -0.1) is 0 Å². The molecule has 1 aromatic carbocycles. The van der Waals surface area contributed by atoms with Crippen LogP contribution in [0.25, 0.3) is 0 Å². The zero-order valence-corrected chi connectivity index (χ0v) is 10.5. The third-order valence-corrected chi connectivity index (χ3v) is 2.79. The summed E-state index contributed by atoms with van der Waals surface area (Å²) in [5.41, 5.74) is 2.58. The maximum atomic E-state index is 10.9. The topological polar surface area (TPSA) is 20.3 Å². The molecule has 0 aliphatic rings. The Labute approximate surface area is 98.3 Å². The molecule has 0 aliphatic heterocycles. The predicted octanol–water partition coefficient (Wildman–Crippen LogP) is 3.19. The van der Waals surface area contributed by atoms with E-state index in [1.807, 2.05) is 0 Å². The molecule has 0 fully saturated rings. The average molecular weight is 219 g/mol. The normalized spacial score (nSPS) is 10.2. The van der Waals surface area contributed by atoms with Crippen LogP contribution in [0, 0.1) is 6.92 Å². The molecule has 0 saturated carbocycles. The van der Waals surface area contributed by atoms with Crippen molar-refractivity contribution in [2.45, 2.75) is 33.6 Å². The summed E-state index contributed by atoms with van der Waals surface area (Å²) in [6, 6.07) is 8.40. The molecule has 16 heavy (non-hydrogen) atoms. The fraction of sp³-hybridized carbons (Fsp3) is 0.500. The fourth-order valence-corrected chi connectivity index (χ4v) is 1.89. The Kier molecular flexibility index (Phi) is 5.03. The van der Waals surface area contributed by atoms with E-state index in [9.17, 15) is 4.79 Å². The van der Waals surface area contributed by atoms with Gasteiger partial charge in [0.15, 0.2) is 0 Å². The first-order valence-electron chi connectivity index (χ1n) is 5.95. The number of ketones is 1. The number of hydrogen-bond donors (Lipinski definition) is 0. The van der Waals surface area contributed by atoms with Gasteiger partial charge < -0.3 is 9.69 Å². The largest absolute Gasteiger partial charge is 0.372 e. The van der Waals surface area contributed by atoms with Gasteiger partial charge in [0.25, 0.3) is 0 Å². The number of carbonyl (C=O) groups is 1. The maximum absolute atomic E-state index is 10.9. The van der Waals surface area contributed by atoms with E-state index in [4.69, 9.17) is 0 Å². The van der Waals surface area contributed by atoms with Crippen molar-refractivity contribution in [3.8, 4) is 0 Å². The summed E-state index contributed by atoms with van der Waals surface area (Å²) in [6.45, 7) is 7.89. The second kappa shape index (κ2) is 6.31. The molecule has 1 aromatic rings. The van der Waals surface area contributed by atoms with Gasteiger partial charge in [-0.1, -0.05) is 18.2 Å². The summed E-state index contributed by atoms with van der Waals surface area (Å²) in [7, 11) is 0. The molecule has 0 atom stereocenters. The van der Waals surface area contributed by atoms with Gasteiger partial charge in [-0.05, 0) is 38.8 Å². The SMILES string of the molecule is CCN(CCCC(C)=O)c1ccccc1C. The van der Waals surface area contributed by atoms with Gasteiger partial charge in [0.2, 0.25) is 0 Å². The van der Waals surface area contributed by atoms with E-state index in [2.05, 4.69) is 43.0 Å². The number of rotatable bonds is 6. The lowest BCUT2D eigenvalue weighted by Crippen LogP contribution is -2.25. The highest BCUT2D eigenvalue weighted by Gasteiger charge is 2.06. The van der Waals surface area contributed by atoms with E-state index in [-0.39, 0.29) is 5.78 Å². The third kappa shape index (κ3) is 3.69. The van der Waals surface area contributed by atoms with Crippen molar-refractivity contribution in [2.75, 3.05) is 18.0 Å². The molecule has 1 rings (SSSR count). The van der Waals surface area contributed by atoms with Crippen LogP contribution in [-0.4, -0.2) is 18.9 Å². The number of Topliss-reactive ketones (excluding diaryl/α,β-unsaturated/α-hetero) is 1. The number of anilines is 1. The van der Waals surface area contributed by atoms with Gasteiger partial charge >= 0.3 is 0 Å². The fourth-order valence-electron chi connectivity index (χ4n) is 1.89. The van der Waals surface area contributed by atoms with Crippen LogP contribution in [0.1, 0.15) is 32.3 Å². The van der Waals surface area contributed by atoms with Crippen LogP contribution in [0.5, 0.6) is 0 Å². The van der Waals surface area contributed by atoms with E-state index >= 15 is 0 Å². The van der Waals surface area contributed by atoms with Crippen molar-refractivity contribution in [1.29, 1.82) is 0 Å². The van der Waals surface area contributed by atoms with E-state index < -0.39 is 0 Å². The molecule has 0 aromatic heterocycles. The van der Waals surface area contributed by atoms with E-state index in [0.717, 1.165) is 19.5 Å². The molecule has 0 radical (unpaired) electrons. The minimum atomic E-state index is 0.279. The Morgan fingerprint density at radius 2 is 2.00 bits per heavy atom. The maximum Gasteiger partial charge on any atom is 0.129 e. The second-order valence-corrected chi connectivity index (χ2v) is 4.17. The first-order valence-corrected chi connectivity index (χ1v) is 5.95. The Morgan fingerprint density at radius 1 is 1.31 bits per heavy atom. The molecule has 2 heteroatoms. The van der Waals surface area contributed by atoms with Crippen molar-refractivity contribution in [3.05, 3.63) is 29.8 Å². The molecule has 0 saturated heterocycles. The minimum absolute atomic E-state index is 0.279. The summed E-state index contributed by atoms with van der Waals surface area (Å²) in [5, 5.41) is 0. The molecule has 0 spiro atoms. The van der Waals surface area contributed by atoms with Crippen LogP contribution in [0.4, 0.5) is 5.69 Å². The van der Waals surface area contributed by atoms with Crippen LogP contribution in [0.3, 0.4) is 0 Å². The average Bonchev–Trinajstić information content (AvgIpc) is 2.25. The predicted molar refractivity (Wildman–Crippen MR) is 69.0 cm³/mol. The molecule has 88 valence electrons. The van der Waals surface area contributed by atoms with Gasteiger partial charge in [-0.2, -0.15) is 0 Å². The van der Waals surface area contributed by atoms with E-state index in [1.165, 1.54) is 11.3 Å². The third-order valence-electron chi connectivity index (χ3n) is 2.79. The van der Waals surface area contributed by atoms with Crippen molar-refractivity contribution < 1.29 is 4.79 Å². The van der Waals surface area contributed by atoms with Gasteiger partial charge in [0.1, 0.15) is 5.78 Å². The highest BCUT2D eigenvalue weighted by Crippen LogP contribution is 2.19. The lowest BCUT2D eigenvalue weighted by Gasteiger charge is -2.24. The van der Waals surface area contributed by atoms with Gasteiger partial charge in [-0.25, -0.2) is 0 Å². The lowest BCUT2D eigenvalue weighted by atomic mass is 10.1. The summed E-state index contributed by atoms with van der Waals surface area (Å²) >= 11 is 0. The van der Waals surface area contributed by atoms with Crippen molar-refractivity contribution >= 4 is 11.5 Å². The summed E-state index contributed by atoms with van der Waals surface area (Å²) in [5.74, 6) is 0.279. The smallest absolute Gasteiger partial charge is 0.129 e. The Balaban J connectivity index is 2.60. The van der Waals surface area contributed by atoms with Gasteiger partial charge in [-0.3, -0.25) is 0 Å². The summed E-state index contributed by atoms with van der Waals surface area (Å²) < 4.78 is 0. The molecule has 0 N–H and O–H groups in total. The molecule has 0 heterocycles. The number of aryl methyl sites for hydroxylation is 1. The molecule has 0 bridgehead atoms. The molecular weight excluding hydrogens is 198 g/mol. The number of nitrogens with zero attached hydrogens (tertiary/aromatic N) is 1. The lowest BCUT2D eigenvalue weighted by molar-refractivity contribution is -0.117. The van der Waals surface area contributed by atoms with Gasteiger partial charge in [0.05, 0.1) is 0 Å². The minimum Gasteiger partial charge on any atom is -0.372 e. The standard InChI is InChI=1S/C14H21NO/c1-4-15(11-7-9-13(3)16)14-10-6-5-8-12(14)2/h5-6,8,10H,4,7,9,11H2,1-3H3. The van der Waals surface area contributed by atoms with Gasteiger partial charge in [0, 0.05) is 25.2 Å². The monoisotopic (exact) mass is 219 g/mol. The summed E-state index contributed by atoms with van der Waals surface area (Å²) in [4.78, 5) is 13.2. The van der Waals surface area contributed by atoms with E-state index in [1.54, 1.807) is 6.92 Å². The molecule has 0 aliphatic carbocycles. The van der Waals surface area contributed by atoms with Crippen molar-refractivity contribution in [1.82, 2.24) is 0 Å². The van der Waals surface area contributed by atoms with E-state index in [0.29, 0.717) is 6.42 Å². The summed E-state index contributed by atoms with van der Waals surface area (Å²) in [6.07, 6.45) is 1.62. The Morgan fingerprint density at radius 3 is 2.56 bits per heavy atom. The zero-order valence-electron chi connectivity index (χ0n) is 10.5. The number of para-hydroxylation sites is 1. The van der Waals surface area contributed by atoms with Crippen LogP contribution >= 0.6 is 0 Å². The number of hydrogen-bond acceptors (Lipinski definition) is 2.